The summed E-state index contributed by atoms with van der Waals surface area (Å²) in [4.78, 5) is 0. The molecule has 1 heterocycles. The topological polar surface area (TPSA) is 55.1 Å². The molecule has 0 radical (unpaired) electrons. The number of aromatic nitrogens is 3. The lowest BCUT2D eigenvalue weighted by molar-refractivity contribution is 0.585. The van der Waals surface area contributed by atoms with Gasteiger partial charge in [-0.2, -0.15) is 9.78 Å². The van der Waals surface area contributed by atoms with Crippen molar-refractivity contribution in [2.75, 3.05) is 5.32 Å². The molecule has 0 aliphatic rings. The number of halogens is 5. The molecule has 4 rings (SSSR count). The predicted molar refractivity (Wildman–Crippen MR) is 109 cm³/mol. The SMILES string of the molecule is Fc1ccc(Nc2nnc(-c3c(F)cccc3F)n2/N=C/c2c(F)cccc2Cl)cc1. The first kappa shape index (κ1) is 20.5. The van der Waals surface area contributed by atoms with Crippen LogP contribution in [-0.4, -0.2) is 21.1 Å². The number of hydrogen-bond donors (Lipinski definition) is 1. The Kier molecular flexibility index (Phi) is 5.68. The van der Waals surface area contributed by atoms with Crippen molar-refractivity contribution in [1.29, 1.82) is 0 Å². The zero-order valence-electron chi connectivity index (χ0n) is 15.5. The van der Waals surface area contributed by atoms with Crippen molar-refractivity contribution in [3.05, 3.63) is 94.5 Å². The highest BCUT2D eigenvalue weighted by molar-refractivity contribution is 6.33. The number of anilines is 2. The van der Waals surface area contributed by atoms with E-state index in [2.05, 4.69) is 20.6 Å². The first-order valence-corrected chi connectivity index (χ1v) is 9.22. The third-order valence-electron chi connectivity index (χ3n) is 4.23. The van der Waals surface area contributed by atoms with Gasteiger partial charge in [0, 0.05) is 11.3 Å². The normalized spacial score (nSPS) is 11.3. The molecular weight excluding hydrogens is 434 g/mol. The van der Waals surface area contributed by atoms with E-state index in [9.17, 15) is 17.6 Å². The fourth-order valence-electron chi connectivity index (χ4n) is 2.75. The summed E-state index contributed by atoms with van der Waals surface area (Å²) in [5.41, 5.74) is -0.0979. The smallest absolute Gasteiger partial charge is 0.250 e. The summed E-state index contributed by atoms with van der Waals surface area (Å²) in [5, 5.41) is 14.7. The minimum Gasteiger partial charge on any atom is -0.323 e. The van der Waals surface area contributed by atoms with Crippen LogP contribution in [0.5, 0.6) is 0 Å². The second-order valence-corrected chi connectivity index (χ2v) is 6.67. The summed E-state index contributed by atoms with van der Waals surface area (Å²) in [6, 6.07) is 12.7. The number of nitrogens with one attached hydrogen (secondary N) is 1. The van der Waals surface area contributed by atoms with Crippen LogP contribution in [-0.2, 0) is 0 Å². The molecule has 0 unspecified atom stereocenters. The van der Waals surface area contributed by atoms with Crippen molar-refractivity contribution < 1.29 is 17.6 Å². The molecule has 0 saturated carbocycles. The Hall–Kier alpha value is -3.72. The highest BCUT2D eigenvalue weighted by atomic mass is 35.5. The Balaban J connectivity index is 1.84. The van der Waals surface area contributed by atoms with E-state index < -0.39 is 28.8 Å². The van der Waals surface area contributed by atoms with Gasteiger partial charge < -0.3 is 5.32 Å². The van der Waals surface area contributed by atoms with E-state index in [1.807, 2.05) is 0 Å². The first-order chi connectivity index (χ1) is 14.9. The second-order valence-electron chi connectivity index (χ2n) is 6.27. The average molecular weight is 446 g/mol. The van der Waals surface area contributed by atoms with E-state index in [4.69, 9.17) is 11.6 Å². The summed E-state index contributed by atoms with van der Waals surface area (Å²) >= 11 is 6.02. The molecule has 1 aromatic heterocycles. The van der Waals surface area contributed by atoms with Gasteiger partial charge in [-0.25, -0.2) is 17.6 Å². The van der Waals surface area contributed by atoms with E-state index in [1.165, 1.54) is 48.5 Å². The van der Waals surface area contributed by atoms with Gasteiger partial charge in [0.25, 0.3) is 0 Å². The maximum atomic E-state index is 14.4. The summed E-state index contributed by atoms with van der Waals surface area (Å²) in [6.45, 7) is 0. The van der Waals surface area contributed by atoms with Crippen LogP contribution in [0.25, 0.3) is 11.4 Å². The Labute approximate surface area is 178 Å². The van der Waals surface area contributed by atoms with Crippen molar-refractivity contribution in [3.63, 3.8) is 0 Å². The quantitative estimate of drug-likeness (QED) is 0.313. The molecule has 5 nitrogen and oxygen atoms in total. The molecule has 0 atom stereocenters. The van der Waals surface area contributed by atoms with Gasteiger partial charge in [0.15, 0.2) is 5.82 Å². The van der Waals surface area contributed by atoms with Gasteiger partial charge in [0.1, 0.15) is 23.3 Å². The number of nitrogens with zero attached hydrogens (tertiary/aromatic N) is 4. The van der Waals surface area contributed by atoms with Gasteiger partial charge in [-0.15, -0.1) is 10.2 Å². The van der Waals surface area contributed by atoms with Crippen LogP contribution in [0.3, 0.4) is 0 Å². The lowest BCUT2D eigenvalue weighted by Gasteiger charge is -2.08. The van der Waals surface area contributed by atoms with Crippen LogP contribution >= 0.6 is 11.6 Å². The van der Waals surface area contributed by atoms with E-state index in [1.54, 1.807) is 0 Å². The fraction of sp³-hybridized carbons (Fsp3) is 0. The molecule has 10 heteroatoms. The average Bonchev–Trinajstić information content (AvgIpc) is 3.11. The Morgan fingerprint density at radius 1 is 0.839 bits per heavy atom. The Morgan fingerprint density at radius 3 is 2.16 bits per heavy atom. The summed E-state index contributed by atoms with van der Waals surface area (Å²) in [7, 11) is 0. The first-order valence-electron chi connectivity index (χ1n) is 8.85. The third-order valence-corrected chi connectivity index (χ3v) is 4.56. The molecular formula is C21H12ClF4N5. The predicted octanol–water partition coefficient (Wildman–Crippen LogP) is 5.78. The molecule has 1 N–H and O–H groups in total. The summed E-state index contributed by atoms with van der Waals surface area (Å²) in [6.07, 6.45) is 1.08. The van der Waals surface area contributed by atoms with E-state index in [0.29, 0.717) is 5.69 Å². The zero-order valence-corrected chi connectivity index (χ0v) is 16.3. The molecule has 0 aliphatic carbocycles. The molecule has 0 amide bonds. The molecule has 156 valence electrons. The van der Waals surface area contributed by atoms with Crippen LogP contribution in [0.2, 0.25) is 5.02 Å². The van der Waals surface area contributed by atoms with Crippen LogP contribution in [0, 0.1) is 23.3 Å². The molecule has 0 spiro atoms. The van der Waals surface area contributed by atoms with Crippen LogP contribution in [0.15, 0.2) is 65.8 Å². The van der Waals surface area contributed by atoms with Gasteiger partial charge in [0.2, 0.25) is 5.95 Å². The van der Waals surface area contributed by atoms with Crippen molar-refractivity contribution in [3.8, 4) is 11.4 Å². The second kappa shape index (κ2) is 8.57. The molecule has 31 heavy (non-hydrogen) atoms. The van der Waals surface area contributed by atoms with Gasteiger partial charge in [-0.05, 0) is 48.5 Å². The van der Waals surface area contributed by atoms with Crippen LogP contribution in [0.1, 0.15) is 5.56 Å². The van der Waals surface area contributed by atoms with Gasteiger partial charge >= 0.3 is 0 Å². The van der Waals surface area contributed by atoms with Gasteiger partial charge in [-0.1, -0.05) is 23.7 Å². The molecule has 0 fully saturated rings. The van der Waals surface area contributed by atoms with Crippen molar-refractivity contribution >= 4 is 29.5 Å². The summed E-state index contributed by atoms with van der Waals surface area (Å²) in [5.74, 6) is -3.19. The largest absolute Gasteiger partial charge is 0.323 e. The zero-order chi connectivity index (χ0) is 22.0. The van der Waals surface area contributed by atoms with E-state index >= 15 is 0 Å². The number of hydrogen-bond acceptors (Lipinski definition) is 4. The number of rotatable bonds is 5. The maximum Gasteiger partial charge on any atom is 0.250 e. The maximum absolute atomic E-state index is 14.4. The molecule has 0 saturated heterocycles. The Bertz CT molecular complexity index is 1230. The fourth-order valence-corrected chi connectivity index (χ4v) is 2.96. The highest BCUT2D eigenvalue weighted by Gasteiger charge is 2.21. The molecule has 3 aromatic carbocycles. The minimum absolute atomic E-state index is 0.0365. The van der Waals surface area contributed by atoms with Crippen molar-refractivity contribution in [2.24, 2.45) is 5.10 Å². The lowest BCUT2D eigenvalue weighted by Crippen LogP contribution is -2.04. The van der Waals surface area contributed by atoms with Crippen LogP contribution < -0.4 is 5.32 Å². The van der Waals surface area contributed by atoms with Gasteiger partial charge in [-0.3, -0.25) is 0 Å². The molecule has 0 bridgehead atoms. The van der Waals surface area contributed by atoms with E-state index in [0.717, 1.165) is 23.0 Å². The standard InChI is InChI=1S/C21H12ClF4N5/c22-15-3-1-4-16(24)14(15)11-27-31-20(19-17(25)5-2-6-18(19)26)29-30-21(31)28-13-9-7-12(23)8-10-13/h1-11H,(H,28,30)/b27-11+. The Morgan fingerprint density at radius 2 is 1.48 bits per heavy atom. The summed E-state index contributed by atoms with van der Waals surface area (Å²) < 4.78 is 57.1. The highest BCUT2D eigenvalue weighted by Crippen LogP contribution is 2.28. The third kappa shape index (κ3) is 4.26. The molecule has 0 aliphatic heterocycles. The van der Waals surface area contributed by atoms with Crippen molar-refractivity contribution in [2.45, 2.75) is 0 Å². The van der Waals surface area contributed by atoms with Crippen molar-refractivity contribution in [1.82, 2.24) is 14.9 Å². The van der Waals surface area contributed by atoms with E-state index in [-0.39, 0.29) is 22.4 Å². The number of benzene rings is 3. The minimum atomic E-state index is -0.888. The van der Waals surface area contributed by atoms with Gasteiger partial charge in [0.05, 0.1) is 16.8 Å². The van der Waals surface area contributed by atoms with Crippen LogP contribution in [0.4, 0.5) is 29.2 Å². The lowest BCUT2D eigenvalue weighted by atomic mass is 10.2. The monoisotopic (exact) mass is 445 g/mol. The molecule has 4 aromatic rings.